The maximum atomic E-state index is 13.2. The fourth-order valence-corrected chi connectivity index (χ4v) is 4.78. The third kappa shape index (κ3) is 5.90. The fourth-order valence-electron chi connectivity index (χ4n) is 3.92. The molecule has 0 saturated carbocycles. The predicted molar refractivity (Wildman–Crippen MR) is 141 cm³/mol. The van der Waals surface area contributed by atoms with Gasteiger partial charge in [-0.1, -0.05) is 45.4 Å². The van der Waals surface area contributed by atoms with Gasteiger partial charge in [0.2, 0.25) is 5.78 Å². The van der Waals surface area contributed by atoms with Gasteiger partial charge >= 0.3 is 0 Å². The number of aryl methyl sites for hydroxylation is 1. The number of hydrogen-bond donors (Lipinski definition) is 2. The number of aliphatic hydroxyl groups is 1. The highest BCUT2D eigenvalue weighted by Crippen LogP contribution is 2.25. The number of fused-ring (bicyclic) bond motifs is 1. The number of benzene rings is 1. The summed E-state index contributed by atoms with van der Waals surface area (Å²) >= 11 is 1.45. The first-order valence-corrected chi connectivity index (χ1v) is 12.8. The summed E-state index contributed by atoms with van der Waals surface area (Å²) in [4.78, 5) is 22.2. The lowest BCUT2D eigenvalue weighted by Gasteiger charge is -2.13. The van der Waals surface area contributed by atoms with Crippen LogP contribution in [-0.4, -0.2) is 38.6 Å². The second-order valence-electron chi connectivity index (χ2n) is 8.06. The van der Waals surface area contributed by atoms with Crippen LogP contribution in [0.1, 0.15) is 60.0 Å². The summed E-state index contributed by atoms with van der Waals surface area (Å²) in [5.74, 6) is 0.712. The number of carbonyl (C=O) groups is 1. The van der Waals surface area contributed by atoms with Crippen LogP contribution in [0, 0.1) is 12.8 Å². The normalized spacial score (nSPS) is 11.7. The molecule has 180 valence electrons. The first kappa shape index (κ1) is 25.6. The average Bonchev–Trinajstić information content (AvgIpc) is 3.48. The summed E-state index contributed by atoms with van der Waals surface area (Å²) < 4.78 is 2.23. The lowest BCUT2D eigenvalue weighted by Crippen LogP contribution is -2.15. The van der Waals surface area contributed by atoms with E-state index in [1.54, 1.807) is 6.20 Å². The quantitative estimate of drug-likeness (QED) is 0.276. The Morgan fingerprint density at radius 2 is 2.06 bits per heavy atom. The van der Waals surface area contributed by atoms with E-state index in [0.29, 0.717) is 29.3 Å². The van der Waals surface area contributed by atoms with Crippen LogP contribution in [-0.2, 0) is 6.54 Å². The molecule has 3 aromatic heterocycles. The number of anilines is 1. The summed E-state index contributed by atoms with van der Waals surface area (Å²) in [6.07, 6.45) is 6.91. The molecule has 0 aliphatic carbocycles. The van der Waals surface area contributed by atoms with Gasteiger partial charge in [0.05, 0.1) is 10.4 Å². The summed E-state index contributed by atoms with van der Waals surface area (Å²) in [6.45, 7) is 9.71. The molecule has 34 heavy (non-hydrogen) atoms. The molecule has 7 heteroatoms. The van der Waals surface area contributed by atoms with Gasteiger partial charge in [0.1, 0.15) is 12.1 Å². The Balaban J connectivity index is 0.00000158. The van der Waals surface area contributed by atoms with Crippen molar-refractivity contribution in [2.24, 2.45) is 5.92 Å². The number of thiophene rings is 1. The number of para-hydroxylation sites is 1. The van der Waals surface area contributed by atoms with Gasteiger partial charge in [-0.15, -0.1) is 11.3 Å². The molecule has 0 fully saturated rings. The number of aliphatic hydroxyl groups excluding tert-OH is 1. The van der Waals surface area contributed by atoms with E-state index in [9.17, 15) is 9.90 Å². The monoisotopic (exact) mass is 478 g/mol. The average molecular weight is 479 g/mol. The molecule has 4 aromatic rings. The van der Waals surface area contributed by atoms with E-state index in [0.717, 1.165) is 18.4 Å². The fraction of sp³-hybridized carbons (Fsp3) is 0.370. The minimum Gasteiger partial charge on any atom is -0.396 e. The van der Waals surface area contributed by atoms with Crippen molar-refractivity contribution in [2.45, 2.75) is 47.1 Å². The number of carbonyl (C=O) groups excluding carboxylic acids is 1. The van der Waals surface area contributed by atoms with E-state index in [2.05, 4.69) is 58.1 Å². The first-order chi connectivity index (χ1) is 16.6. The minimum absolute atomic E-state index is 0.0768. The van der Waals surface area contributed by atoms with E-state index in [1.807, 2.05) is 31.4 Å². The summed E-state index contributed by atoms with van der Waals surface area (Å²) in [6, 6.07) is 10.3. The topological polar surface area (TPSA) is 80.0 Å². The van der Waals surface area contributed by atoms with E-state index in [1.165, 1.54) is 34.1 Å². The molecule has 0 saturated heterocycles. The van der Waals surface area contributed by atoms with Crippen LogP contribution in [0.5, 0.6) is 0 Å². The first-order valence-electron chi connectivity index (χ1n) is 11.9. The number of rotatable bonds is 10. The number of aromatic nitrogens is 3. The lowest BCUT2D eigenvalue weighted by atomic mass is 10.0. The lowest BCUT2D eigenvalue weighted by molar-refractivity contribution is 0.104. The second kappa shape index (κ2) is 12.4. The highest BCUT2D eigenvalue weighted by Gasteiger charge is 2.18. The largest absolute Gasteiger partial charge is 0.396 e. The van der Waals surface area contributed by atoms with E-state index >= 15 is 0 Å². The molecule has 2 N–H and O–H groups in total. The molecule has 0 aliphatic rings. The molecular formula is C27H34N4O2S. The van der Waals surface area contributed by atoms with Crippen molar-refractivity contribution in [3.05, 3.63) is 76.0 Å². The number of hydrogen-bond acceptors (Lipinski definition) is 6. The van der Waals surface area contributed by atoms with Crippen LogP contribution in [0.25, 0.3) is 10.9 Å². The number of nitrogens with one attached hydrogen (secondary N) is 1. The minimum atomic E-state index is -0.0768. The van der Waals surface area contributed by atoms with E-state index in [4.69, 9.17) is 0 Å². The standard InChI is InChI=1S/C25H28N4O2S.C2H6/c1-3-18(14-30)8-9-27-25-21(11-26-16-28-25)24(31)23-10-19(15-32-23)13-29-12-17(2)20-6-4-5-7-22(20)29;1-2/h4-7,10-12,15-16,18,30H,3,8-9,13-14H2,1-2H3,(H,26,27,28);1-2H3. The van der Waals surface area contributed by atoms with Crippen molar-refractivity contribution >= 4 is 33.8 Å². The summed E-state index contributed by atoms with van der Waals surface area (Å²) in [5.41, 5.74) is 4.01. The summed E-state index contributed by atoms with van der Waals surface area (Å²) in [5, 5.41) is 15.9. The third-order valence-corrected chi connectivity index (χ3v) is 6.83. The Bertz CT molecular complexity index is 1210. The molecule has 0 bridgehead atoms. The smallest absolute Gasteiger partial charge is 0.208 e. The van der Waals surface area contributed by atoms with E-state index < -0.39 is 0 Å². The molecule has 0 spiro atoms. The van der Waals surface area contributed by atoms with Crippen LogP contribution in [0.15, 0.2) is 54.4 Å². The molecule has 0 amide bonds. The zero-order valence-electron chi connectivity index (χ0n) is 20.4. The van der Waals surface area contributed by atoms with Gasteiger partial charge in [-0.2, -0.15) is 0 Å². The molecule has 1 unspecified atom stereocenters. The van der Waals surface area contributed by atoms with Crippen LogP contribution in [0.2, 0.25) is 0 Å². The van der Waals surface area contributed by atoms with Crippen molar-refractivity contribution < 1.29 is 9.90 Å². The maximum Gasteiger partial charge on any atom is 0.208 e. The van der Waals surface area contributed by atoms with Gasteiger partial charge in [-0.05, 0) is 47.9 Å². The predicted octanol–water partition coefficient (Wildman–Crippen LogP) is 5.93. The SMILES string of the molecule is CC.CCC(CO)CCNc1ncncc1C(=O)c1cc(Cn2cc(C)c3ccccc32)cs1. The molecule has 0 radical (unpaired) electrons. The zero-order valence-corrected chi connectivity index (χ0v) is 21.2. The van der Waals surface area contributed by atoms with Crippen LogP contribution in [0.4, 0.5) is 5.82 Å². The number of nitrogens with zero attached hydrogens (tertiary/aromatic N) is 3. The Morgan fingerprint density at radius 3 is 2.82 bits per heavy atom. The summed E-state index contributed by atoms with van der Waals surface area (Å²) in [7, 11) is 0. The van der Waals surface area contributed by atoms with Crippen molar-refractivity contribution in [3.63, 3.8) is 0 Å². The van der Waals surface area contributed by atoms with Crippen molar-refractivity contribution in [1.29, 1.82) is 0 Å². The Labute approximate surface area is 205 Å². The van der Waals surface area contributed by atoms with Crippen molar-refractivity contribution in [2.75, 3.05) is 18.5 Å². The number of ketones is 1. The Morgan fingerprint density at radius 1 is 1.26 bits per heavy atom. The molecule has 4 rings (SSSR count). The van der Waals surface area contributed by atoms with Gasteiger partial charge in [0, 0.05) is 43.0 Å². The molecule has 6 nitrogen and oxygen atoms in total. The third-order valence-electron chi connectivity index (χ3n) is 5.86. The molecule has 0 aliphatic heterocycles. The molecular weight excluding hydrogens is 444 g/mol. The Hall–Kier alpha value is -3.03. The van der Waals surface area contributed by atoms with Gasteiger partial charge < -0.3 is 15.0 Å². The van der Waals surface area contributed by atoms with Crippen LogP contribution >= 0.6 is 11.3 Å². The highest BCUT2D eigenvalue weighted by molar-refractivity contribution is 7.12. The zero-order chi connectivity index (χ0) is 24.5. The van der Waals surface area contributed by atoms with Gasteiger partial charge in [-0.25, -0.2) is 9.97 Å². The Kier molecular flexibility index (Phi) is 9.36. The molecule has 1 aromatic carbocycles. The van der Waals surface area contributed by atoms with Crippen molar-refractivity contribution in [1.82, 2.24) is 14.5 Å². The van der Waals surface area contributed by atoms with Gasteiger partial charge in [0.15, 0.2) is 0 Å². The molecule has 3 heterocycles. The van der Waals surface area contributed by atoms with Crippen LogP contribution in [0.3, 0.4) is 0 Å². The van der Waals surface area contributed by atoms with Crippen LogP contribution < -0.4 is 5.32 Å². The van der Waals surface area contributed by atoms with Gasteiger partial charge in [-0.3, -0.25) is 4.79 Å². The van der Waals surface area contributed by atoms with Gasteiger partial charge in [0.25, 0.3) is 0 Å². The second-order valence-corrected chi connectivity index (χ2v) is 8.97. The van der Waals surface area contributed by atoms with Crippen molar-refractivity contribution in [3.8, 4) is 0 Å². The maximum absolute atomic E-state index is 13.2. The molecule has 1 atom stereocenters. The highest BCUT2D eigenvalue weighted by atomic mass is 32.1. The van der Waals surface area contributed by atoms with E-state index in [-0.39, 0.29) is 18.3 Å².